The summed E-state index contributed by atoms with van der Waals surface area (Å²) in [6.45, 7) is 4.96. The van der Waals surface area contributed by atoms with Gasteiger partial charge in [0.25, 0.3) is 0 Å². The molecule has 248 valence electrons. The first-order valence-corrected chi connectivity index (χ1v) is 17.1. The van der Waals surface area contributed by atoms with Crippen molar-refractivity contribution in [3.05, 3.63) is 84.9 Å². The molecular formula is C38H44N2O6S. The van der Waals surface area contributed by atoms with Gasteiger partial charge in [-0.05, 0) is 72.5 Å². The number of aromatic hydroxyl groups is 2. The predicted octanol–water partition coefficient (Wildman–Crippen LogP) is 10.8. The lowest BCUT2D eigenvalue weighted by atomic mass is 10.0. The van der Waals surface area contributed by atoms with Gasteiger partial charge in [0.15, 0.2) is 0 Å². The molecule has 0 radical (unpaired) electrons. The summed E-state index contributed by atoms with van der Waals surface area (Å²) in [5.74, 6) is 0.310. The van der Waals surface area contributed by atoms with E-state index in [0.717, 1.165) is 83.4 Å². The summed E-state index contributed by atoms with van der Waals surface area (Å²) >= 11 is 1.47. The average molecular weight is 657 g/mol. The number of unbranched alkanes of at least 4 members (excludes halogenated alkanes) is 6. The Hall–Kier alpha value is -4.63. The van der Waals surface area contributed by atoms with Crippen molar-refractivity contribution in [1.29, 1.82) is 0 Å². The van der Waals surface area contributed by atoms with Crippen molar-refractivity contribution >= 4 is 35.3 Å². The summed E-state index contributed by atoms with van der Waals surface area (Å²) in [4.78, 5) is 27.3. The lowest BCUT2D eigenvalue weighted by molar-refractivity contribution is 0.158. The smallest absolute Gasteiger partial charge is 0.411 e. The summed E-state index contributed by atoms with van der Waals surface area (Å²) in [7, 11) is 0. The van der Waals surface area contributed by atoms with Crippen molar-refractivity contribution in [1.82, 2.24) is 0 Å². The number of carbonyl (C=O) groups excluding carboxylic acids is 2. The number of ether oxygens (including phenoxy) is 2. The Morgan fingerprint density at radius 3 is 1.36 bits per heavy atom. The fourth-order valence-corrected chi connectivity index (χ4v) is 5.88. The van der Waals surface area contributed by atoms with Crippen LogP contribution in [0.25, 0.3) is 22.3 Å². The van der Waals surface area contributed by atoms with Gasteiger partial charge >= 0.3 is 12.2 Å². The molecule has 0 aliphatic rings. The molecule has 0 aliphatic carbocycles. The molecule has 0 bridgehead atoms. The first kappa shape index (κ1) is 35.2. The molecule has 4 rings (SSSR count). The van der Waals surface area contributed by atoms with Gasteiger partial charge in [0.2, 0.25) is 0 Å². The van der Waals surface area contributed by atoms with Crippen LogP contribution in [-0.2, 0) is 9.47 Å². The van der Waals surface area contributed by atoms with E-state index >= 15 is 0 Å². The van der Waals surface area contributed by atoms with Crippen molar-refractivity contribution < 1.29 is 29.3 Å². The zero-order valence-corrected chi connectivity index (χ0v) is 27.9. The van der Waals surface area contributed by atoms with Crippen LogP contribution in [0.1, 0.15) is 65.2 Å². The zero-order chi connectivity index (χ0) is 33.4. The Labute approximate surface area is 281 Å². The van der Waals surface area contributed by atoms with E-state index in [1.165, 1.54) is 11.8 Å². The van der Waals surface area contributed by atoms with Crippen molar-refractivity contribution in [2.75, 3.05) is 23.8 Å². The third kappa shape index (κ3) is 11.3. The van der Waals surface area contributed by atoms with E-state index < -0.39 is 12.2 Å². The predicted molar refractivity (Wildman–Crippen MR) is 189 cm³/mol. The Morgan fingerprint density at radius 2 is 0.979 bits per heavy atom. The van der Waals surface area contributed by atoms with E-state index in [0.29, 0.717) is 24.6 Å². The minimum absolute atomic E-state index is 0.155. The molecule has 0 fully saturated rings. The van der Waals surface area contributed by atoms with E-state index in [4.69, 9.17) is 9.47 Å². The minimum atomic E-state index is -0.526. The minimum Gasteiger partial charge on any atom is -0.508 e. The molecule has 0 saturated heterocycles. The number of carbonyl (C=O) groups is 2. The third-order valence-electron chi connectivity index (χ3n) is 7.51. The second-order valence-electron chi connectivity index (χ2n) is 11.3. The number of phenolic OH excluding ortho intramolecular Hbond substituents is 2. The molecule has 9 heteroatoms. The van der Waals surface area contributed by atoms with Crippen LogP contribution in [0.4, 0.5) is 21.0 Å². The summed E-state index contributed by atoms with van der Waals surface area (Å²) in [6, 6.07) is 25.1. The van der Waals surface area contributed by atoms with Gasteiger partial charge in [0.05, 0.1) is 24.6 Å². The molecule has 0 aliphatic heterocycles. The van der Waals surface area contributed by atoms with Crippen LogP contribution in [0.15, 0.2) is 94.7 Å². The summed E-state index contributed by atoms with van der Waals surface area (Å²) < 4.78 is 10.9. The van der Waals surface area contributed by atoms with Gasteiger partial charge in [0, 0.05) is 20.9 Å². The Morgan fingerprint density at radius 1 is 0.574 bits per heavy atom. The van der Waals surface area contributed by atoms with Gasteiger partial charge < -0.3 is 19.7 Å². The van der Waals surface area contributed by atoms with E-state index in [1.54, 1.807) is 48.5 Å². The van der Waals surface area contributed by atoms with Gasteiger partial charge in [-0.3, -0.25) is 10.6 Å². The third-order valence-corrected chi connectivity index (χ3v) is 8.49. The normalized spacial score (nSPS) is 10.8. The van der Waals surface area contributed by atoms with Gasteiger partial charge in [0.1, 0.15) is 11.5 Å². The van der Waals surface area contributed by atoms with Crippen molar-refractivity contribution in [2.24, 2.45) is 0 Å². The molecule has 0 heterocycles. The molecular weight excluding hydrogens is 612 g/mol. The van der Waals surface area contributed by atoms with Gasteiger partial charge in [-0.1, -0.05) is 101 Å². The number of benzene rings is 4. The standard InChI is InChI=1S/C38H44N2O6S/c1-3-5-7-9-23-45-37(43)39-35-25-31(19-21-33(35)27-11-15-29(41)16-12-27)47-32-20-22-34(28-13-17-30(42)18-14-28)36(26-32)40-38(44)46-24-10-8-6-4-2/h11-22,25-26,41-42H,3-10,23-24H2,1-2H3,(H,39,43)(H,40,44). The molecule has 0 aromatic heterocycles. The number of phenols is 2. The second-order valence-corrected chi connectivity index (χ2v) is 12.4. The Bertz CT molecular complexity index is 1470. The maximum atomic E-state index is 12.8. The molecule has 4 aromatic carbocycles. The highest BCUT2D eigenvalue weighted by molar-refractivity contribution is 7.99. The summed E-state index contributed by atoms with van der Waals surface area (Å²) in [5, 5.41) is 25.4. The monoisotopic (exact) mass is 656 g/mol. The fraction of sp³-hybridized carbons (Fsp3) is 0.316. The molecule has 0 saturated carbocycles. The maximum Gasteiger partial charge on any atom is 0.411 e. The Balaban J connectivity index is 1.57. The molecule has 4 aromatic rings. The van der Waals surface area contributed by atoms with Crippen molar-refractivity contribution in [3.63, 3.8) is 0 Å². The zero-order valence-electron chi connectivity index (χ0n) is 27.1. The number of amides is 2. The number of hydrogen-bond acceptors (Lipinski definition) is 7. The van der Waals surface area contributed by atoms with Gasteiger partial charge in [-0.25, -0.2) is 9.59 Å². The SMILES string of the molecule is CCCCCCOC(=O)Nc1cc(Sc2ccc(-c3ccc(O)cc3)c(NC(=O)OCCCCCC)c2)ccc1-c1ccc(O)cc1. The highest BCUT2D eigenvalue weighted by atomic mass is 32.2. The average Bonchev–Trinajstić information content (AvgIpc) is 3.06. The second kappa shape index (κ2) is 18.5. The van der Waals surface area contributed by atoms with E-state index in [-0.39, 0.29) is 11.5 Å². The number of nitrogens with one attached hydrogen (secondary N) is 2. The van der Waals surface area contributed by atoms with E-state index in [2.05, 4.69) is 24.5 Å². The van der Waals surface area contributed by atoms with E-state index in [1.807, 2.05) is 36.4 Å². The van der Waals surface area contributed by atoms with Crippen LogP contribution < -0.4 is 10.6 Å². The van der Waals surface area contributed by atoms with Crippen LogP contribution in [0.5, 0.6) is 11.5 Å². The van der Waals surface area contributed by atoms with E-state index in [9.17, 15) is 19.8 Å². The van der Waals surface area contributed by atoms with Crippen LogP contribution >= 0.6 is 11.8 Å². The lowest BCUT2D eigenvalue weighted by Gasteiger charge is -2.15. The van der Waals surface area contributed by atoms with Crippen LogP contribution in [0.3, 0.4) is 0 Å². The first-order chi connectivity index (χ1) is 22.9. The lowest BCUT2D eigenvalue weighted by Crippen LogP contribution is -2.15. The molecule has 8 nitrogen and oxygen atoms in total. The number of rotatable bonds is 16. The number of hydrogen-bond donors (Lipinski definition) is 4. The Kier molecular flexibility index (Phi) is 13.9. The molecule has 2 amide bonds. The number of anilines is 2. The van der Waals surface area contributed by atoms with Crippen molar-refractivity contribution in [3.8, 4) is 33.8 Å². The molecule has 0 atom stereocenters. The van der Waals surface area contributed by atoms with Crippen LogP contribution in [-0.4, -0.2) is 35.6 Å². The summed E-state index contributed by atoms with van der Waals surface area (Å²) in [6.07, 6.45) is 6.99. The van der Waals surface area contributed by atoms with Gasteiger partial charge in [-0.2, -0.15) is 0 Å². The van der Waals surface area contributed by atoms with Crippen LogP contribution in [0, 0.1) is 0 Å². The maximum absolute atomic E-state index is 12.8. The summed E-state index contributed by atoms with van der Waals surface area (Å²) in [5.41, 5.74) is 4.37. The highest BCUT2D eigenvalue weighted by Crippen LogP contribution is 2.39. The molecule has 4 N–H and O–H groups in total. The van der Waals surface area contributed by atoms with Gasteiger partial charge in [-0.15, -0.1) is 0 Å². The highest BCUT2D eigenvalue weighted by Gasteiger charge is 2.15. The first-order valence-electron chi connectivity index (χ1n) is 16.3. The quantitative estimate of drug-likeness (QED) is 0.0886. The molecule has 0 unspecified atom stereocenters. The fourth-order valence-electron chi connectivity index (χ4n) is 4.98. The van der Waals surface area contributed by atoms with Crippen LogP contribution in [0.2, 0.25) is 0 Å². The van der Waals surface area contributed by atoms with Crippen molar-refractivity contribution in [2.45, 2.75) is 75.0 Å². The topological polar surface area (TPSA) is 117 Å². The molecule has 0 spiro atoms. The largest absolute Gasteiger partial charge is 0.508 e. The molecule has 47 heavy (non-hydrogen) atoms.